The summed E-state index contributed by atoms with van der Waals surface area (Å²) in [5.41, 5.74) is 8.05. The summed E-state index contributed by atoms with van der Waals surface area (Å²) in [4.78, 5) is 4.28. The molecule has 0 saturated heterocycles. The van der Waals surface area contributed by atoms with Gasteiger partial charge in [-0.05, 0) is 24.7 Å². The summed E-state index contributed by atoms with van der Waals surface area (Å²) < 4.78 is 7.27. The Morgan fingerprint density at radius 3 is 3.00 bits per heavy atom. The molecular weight excluding hydrogens is 240 g/mol. The van der Waals surface area contributed by atoms with E-state index >= 15 is 0 Å². The first-order valence-corrected chi connectivity index (χ1v) is 6.04. The largest absolute Gasteiger partial charge is 0.496 e. The minimum absolute atomic E-state index is 0.588. The van der Waals surface area contributed by atoms with Gasteiger partial charge in [-0.1, -0.05) is 0 Å². The van der Waals surface area contributed by atoms with Gasteiger partial charge in [0, 0.05) is 18.2 Å². The van der Waals surface area contributed by atoms with Gasteiger partial charge in [0.25, 0.3) is 0 Å². The number of hydrogen-bond donors (Lipinski definition) is 1. The molecule has 0 spiro atoms. The predicted octanol–water partition coefficient (Wildman–Crippen LogP) is 1.31. The van der Waals surface area contributed by atoms with Crippen LogP contribution in [-0.2, 0) is 13.0 Å². The molecule has 0 aliphatic rings. The third-order valence-corrected chi connectivity index (χ3v) is 2.85. The van der Waals surface area contributed by atoms with Gasteiger partial charge in [-0.15, -0.1) is 0 Å². The molecule has 2 rings (SSSR count). The Labute approximate surface area is 112 Å². The van der Waals surface area contributed by atoms with Gasteiger partial charge in [0.2, 0.25) is 0 Å². The van der Waals surface area contributed by atoms with Crippen molar-refractivity contribution in [2.24, 2.45) is 5.73 Å². The van der Waals surface area contributed by atoms with E-state index in [0.29, 0.717) is 18.7 Å². The number of rotatable bonds is 5. The van der Waals surface area contributed by atoms with Crippen molar-refractivity contribution >= 4 is 0 Å². The highest BCUT2D eigenvalue weighted by Gasteiger charge is 2.06. The maximum atomic E-state index is 8.94. The molecule has 0 fully saturated rings. The van der Waals surface area contributed by atoms with Crippen molar-refractivity contribution in [3.05, 3.63) is 47.5 Å². The molecule has 0 bridgehead atoms. The molecule has 19 heavy (non-hydrogen) atoms. The first kappa shape index (κ1) is 13.1. The molecule has 0 saturated carbocycles. The van der Waals surface area contributed by atoms with Crippen molar-refractivity contribution < 1.29 is 4.74 Å². The van der Waals surface area contributed by atoms with E-state index in [0.717, 1.165) is 23.4 Å². The maximum absolute atomic E-state index is 8.94. The van der Waals surface area contributed by atoms with Crippen LogP contribution in [0.5, 0.6) is 5.75 Å². The smallest absolute Gasteiger partial charge is 0.123 e. The first-order valence-electron chi connectivity index (χ1n) is 6.04. The highest BCUT2D eigenvalue weighted by atomic mass is 16.5. The number of methoxy groups -OCH3 is 1. The van der Waals surface area contributed by atoms with Crippen molar-refractivity contribution in [3.8, 4) is 11.8 Å². The zero-order valence-corrected chi connectivity index (χ0v) is 10.8. The molecule has 0 aliphatic carbocycles. The number of ether oxygens (including phenoxy) is 1. The van der Waals surface area contributed by atoms with Crippen molar-refractivity contribution in [2.75, 3.05) is 13.7 Å². The summed E-state index contributed by atoms with van der Waals surface area (Å²) in [5, 5.41) is 8.94. The molecular formula is C14H16N4O. The third-order valence-electron chi connectivity index (χ3n) is 2.85. The molecule has 0 aliphatic heterocycles. The van der Waals surface area contributed by atoms with E-state index in [1.54, 1.807) is 19.5 Å². The van der Waals surface area contributed by atoms with E-state index in [4.69, 9.17) is 15.7 Å². The van der Waals surface area contributed by atoms with Gasteiger partial charge >= 0.3 is 0 Å². The highest BCUT2D eigenvalue weighted by Crippen LogP contribution is 2.20. The Hall–Kier alpha value is -2.32. The lowest BCUT2D eigenvalue weighted by Gasteiger charge is -2.09. The monoisotopic (exact) mass is 256 g/mol. The average Bonchev–Trinajstić information content (AvgIpc) is 2.86. The van der Waals surface area contributed by atoms with E-state index in [1.165, 1.54) is 0 Å². The van der Waals surface area contributed by atoms with E-state index in [1.807, 2.05) is 22.9 Å². The first-order chi connectivity index (χ1) is 9.26. The zero-order chi connectivity index (χ0) is 13.7. The Balaban J connectivity index is 2.23. The SMILES string of the molecule is COc1ccc(C#N)cc1Cn1cnc(CCN)c1. The Morgan fingerprint density at radius 2 is 2.32 bits per heavy atom. The third kappa shape index (κ3) is 3.12. The van der Waals surface area contributed by atoms with Crippen LogP contribution in [0.2, 0.25) is 0 Å². The molecule has 5 heteroatoms. The molecule has 1 aromatic carbocycles. The van der Waals surface area contributed by atoms with Gasteiger partial charge in [0.15, 0.2) is 0 Å². The van der Waals surface area contributed by atoms with Crippen LogP contribution in [-0.4, -0.2) is 23.2 Å². The van der Waals surface area contributed by atoms with Crippen molar-refractivity contribution in [1.82, 2.24) is 9.55 Å². The van der Waals surface area contributed by atoms with Gasteiger partial charge in [-0.2, -0.15) is 5.26 Å². The fraction of sp³-hybridized carbons (Fsp3) is 0.286. The number of imidazole rings is 1. The number of aromatic nitrogens is 2. The van der Waals surface area contributed by atoms with Crippen LogP contribution in [0, 0.1) is 11.3 Å². The van der Waals surface area contributed by atoms with Crippen LogP contribution in [0.25, 0.3) is 0 Å². The van der Waals surface area contributed by atoms with Gasteiger partial charge in [0.1, 0.15) is 5.75 Å². The van der Waals surface area contributed by atoms with Crippen LogP contribution in [0.15, 0.2) is 30.7 Å². The number of hydrogen-bond acceptors (Lipinski definition) is 4. The van der Waals surface area contributed by atoms with Gasteiger partial charge in [-0.25, -0.2) is 4.98 Å². The molecule has 2 N–H and O–H groups in total. The second-order valence-corrected chi connectivity index (χ2v) is 4.21. The number of nitrogens with two attached hydrogens (primary N) is 1. The van der Waals surface area contributed by atoms with E-state index in [2.05, 4.69) is 11.1 Å². The highest BCUT2D eigenvalue weighted by molar-refractivity contribution is 5.42. The Kier molecular flexibility index (Phi) is 4.16. The summed E-state index contributed by atoms with van der Waals surface area (Å²) in [6.45, 7) is 1.21. The van der Waals surface area contributed by atoms with Crippen LogP contribution in [0.3, 0.4) is 0 Å². The molecule has 0 radical (unpaired) electrons. The van der Waals surface area contributed by atoms with E-state index in [-0.39, 0.29) is 0 Å². The van der Waals surface area contributed by atoms with Gasteiger partial charge in [-0.3, -0.25) is 0 Å². The van der Waals surface area contributed by atoms with Crippen LogP contribution in [0.1, 0.15) is 16.8 Å². The molecule has 0 unspecified atom stereocenters. The zero-order valence-electron chi connectivity index (χ0n) is 10.8. The van der Waals surface area contributed by atoms with Crippen molar-refractivity contribution in [1.29, 1.82) is 5.26 Å². The molecule has 1 heterocycles. The summed E-state index contributed by atoms with van der Waals surface area (Å²) in [7, 11) is 1.62. The lowest BCUT2D eigenvalue weighted by molar-refractivity contribution is 0.408. The fourth-order valence-electron chi connectivity index (χ4n) is 1.94. The quantitative estimate of drug-likeness (QED) is 0.875. The standard InChI is InChI=1S/C14H16N4O/c1-19-14-3-2-11(7-16)6-12(14)8-18-9-13(4-5-15)17-10-18/h2-3,6,9-10H,4-5,8,15H2,1H3. The summed E-state index contributed by atoms with van der Waals surface area (Å²) in [5.74, 6) is 0.771. The Morgan fingerprint density at radius 1 is 1.47 bits per heavy atom. The topological polar surface area (TPSA) is 76.9 Å². The second kappa shape index (κ2) is 6.03. The molecule has 98 valence electrons. The normalized spacial score (nSPS) is 10.2. The average molecular weight is 256 g/mol. The maximum Gasteiger partial charge on any atom is 0.123 e. The molecule has 0 amide bonds. The summed E-state index contributed by atoms with van der Waals surface area (Å²) in [6, 6.07) is 7.52. The van der Waals surface area contributed by atoms with Gasteiger partial charge in [0.05, 0.1) is 37.3 Å². The lowest BCUT2D eigenvalue weighted by Crippen LogP contribution is -2.03. The number of nitrogens with zero attached hydrogens (tertiary/aromatic N) is 3. The van der Waals surface area contributed by atoms with Crippen LogP contribution in [0.4, 0.5) is 0 Å². The van der Waals surface area contributed by atoms with Crippen molar-refractivity contribution in [2.45, 2.75) is 13.0 Å². The molecule has 5 nitrogen and oxygen atoms in total. The van der Waals surface area contributed by atoms with E-state index < -0.39 is 0 Å². The minimum atomic E-state index is 0.588. The second-order valence-electron chi connectivity index (χ2n) is 4.21. The molecule has 0 atom stereocenters. The Bertz CT molecular complexity index is 598. The summed E-state index contributed by atoms with van der Waals surface area (Å²) in [6.07, 6.45) is 4.50. The predicted molar refractivity (Wildman–Crippen MR) is 71.8 cm³/mol. The minimum Gasteiger partial charge on any atom is -0.496 e. The number of benzene rings is 1. The molecule has 2 aromatic rings. The number of nitriles is 1. The van der Waals surface area contributed by atoms with E-state index in [9.17, 15) is 0 Å². The fourth-order valence-corrected chi connectivity index (χ4v) is 1.94. The van der Waals surface area contributed by atoms with Crippen LogP contribution >= 0.6 is 0 Å². The molecule has 1 aromatic heterocycles. The summed E-state index contributed by atoms with van der Waals surface area (Å²) >= 11 is 0. The lowest BCUT2D eigenvalue weighted by atomic mass is 10.1. The van der Waals surface area contributed by atoms with Gasteiger partial charge < -0.3 is 15.0 Å². The van der Waals surface area contributed by atoms with Crippen molar-refractivity contribution in [3.63, 3.8) is 0 Å². The van der Waals surface area contributed by atoms with Crippen LogP contribution < -0.4 is 10.5 Å².